The summed E-state index contributed by atoms with van der Waals surface area (Å²) in [5.74, 6) is 0.676. The van der Waals surface area contributed by atoms with Crippen LogP contribution in [0.3, 0.4) is 0 Å². The maximum Gasteiger partial charge on any atom is 0.0485 e. The van der Waals surface area contributed by atoms with Gasteiger partial charge in [0.15, 0.2) is 0 Å². The number of rotatable bonds is 11. The van der Waals surface area contributed by atoms with Gasteiger partial charge in [0.05, 0.1) is 0 Å². The summed E-state index contributed by atoms with van der Waals surface area (Å²) in [6.07, 6.45) is 7.42. The van der Waals surface area contributed by atoms with E-state index in [0.717, 1.165) is 32.8 Å². The van der Waals surface area contributed by atoms with Gasteiger partial charge >= 0.3 is 0 Å². The number of hydrogen-bond donors (Lipinski definition) is 0. The fraction of sp³-hybridized carbons (Fsp3) is 1.00. The minimum Gasteiger partial charge on any atom is -0.385 e. The molecule has 0 saturated carbocycles. The molecular formula is C18H42O3. The van der Waals surface area contributed by atoms with Gasteiger partial charge in [-0.1, -0.05) is 53.9 Å². The van der Waals surface area contributed by atoms with E-state index in [2.05, 4.69) is 34.6 Å². The molecule has 0 N–H and O–H groups in total. The van der Waals surface area contributed by atoms with Crippen LogP contribution >= 0.6 is 0 Å². The molecule has 0 aromatic carbocycles. The summed E-state index contributed by atoms with van der Waals surface area (Å²) in [6, 6.07) is 0. The van der Waals surface area contributed by atoms with E-state index in [1.165, 1.54) is 32.1 Å². The van der Waals surface area contributed by atoms with Crippen molar-refractivity contribution < 1.29 is 14.2 Å². The van der Waals surface area contributed by atoms with Gasteiger partial charge in [0.1, 0.15) is 0 Å². The molecule has 0 atom stereocenters. The molecule has 3 nitrogen and oxygen atoms in total. The Morgan fingerprint density at radius 1 is 0.667 bits per heavy atom. The molecule has 0 spiro atoms. The van der Waals surface area contributed by atoms with Crippen molar-refractivity contribution in [3.63, 3.8) is 0 Å². The van der Waals surface area contributed by atoms with Crippen molar-refractivity contribution in [1.29, 1.82) is 0 Å². The third-order valence-electron chi connectivity index (χ3n) is 2.44. The van der Waals surface area contributed by atoms with Crippen molar-refractivity contribution in [2.24, 2.45) is 5.92 Å². The molecule has 0 aromatic rings. The second-order valence-corrected chi connectivity index (χ2v) is 5.52. The highest BCUT2D eigenvalue weighted by molar-refractivity contribution is 4.37. The van der Waals surface area contributed by atoms with E-state index in [9.17, 15) is 0 Å². The zero-order valence-electron chi connectivity index (χ0n) is 15.9. The Bertz CT molecular complexity index is 128. The summed E-state index contributed by atoms with van der Waals surface area (Å²) >= 11 is 0. The number of methoxy groups -OCH3 is 2. The summed E-state index contributed by atoms with van der Waals surface area (Å²) in [5.41, 5.74) is 0. The number of unbranched alkanes of at least 4 members (excludes halogenated alkanes) is 3. The Kier molecular flexibility index (Phi) is 34.5. The lowest BCUT2D eigenvalue weighted by Crippen LogP contribution is -1.96. The second-order valence-electron chi connectivity index (χ2n) is 5.52. The van der Waals surface area contributed by atoms with Gasteiger partial charge in [-0.3, -0.25) is 0 Å². The van der Waals surface area contributed by atoms with Crippen LogP contribution in [0.2, 0.25) is 0 Å². The van der Waals surface area contributed by atoms with Crippen LogP contribution in [-0.4, -0.2) is 40.6 Å². The van der Waals surface area contributed by atoms with Crippen LogP contribution in [0.1, 0.15) is 73.1 Å². The second kappa shape index (κ2) is 28.1. The van der Waals surface area contributed by atoms with Crippen LogP contribution in [0.4, 0.5) is 0 Å². The van der Waals surface area contributed by atoms with Crippen LogP contribution in [0.25, 0.3) is 0 Å². The van der Waals surface area contributed by atoms with Gasteiger partial charge in [-0.05, 0) is 25.2 Å². The Labute approximate surface area is 134 Å². The smallest absolute Gasteiger partial charge is 0.0485 e. The quantitative estimate of drug-likeness (QED) is 0.483. The van der Waals surface area contributed by atoms with Crippen LogP contribution in [0.5, 0.6) is 0 Å². The molecule has 0 aliphatic rings. The van der Waals surface area contributed by atoms with E-state index in [0.29, 0.717) is 5.92 Å². The van der Waals surface area contributed by atoms with Gasteiger partial charge in [-0.2, -0.15) is 0 Å². The molecule has 3 heteroatoms. The van der Waals surface area contributed by atoms with Gasteiger partial charge in [-0.15, -0.1) is 0 Å². The zero-order valence-corrected chi connectivity index (χ0v) is 15.9. The molecular weight excluding hydrogens is 264 g/mol. The largest absolute Gasteiger partial charge is 0.385 e. The van der Waals surface area contributed by atoms with Crippen molar-refractivity contribution in [2.45, 2.75) is 73.1 Å². The van der Waals surface area contributed by atoms with E-state index in [1.807, 2.05) is 0 Å². The first kappa shape index (κ1) is 25.8. The monoisotopic (exact) mass is 306 g/mol. The van der Waals surface area contributed by atoms with Gasteiger partial charge in [-0.25, -0.2) is 0 Å². The molecule has 0 aliphatic carbocycles. The Hall–Kier alpha value is -0.120. The first-order chi connectivity index (χ1) is 10.1. The Morgan fingerprint density at radius 2 is 1.24 bits per heavy atom. The molecule has 21 heavy (non-hydrogen) atoms. The SMILES string of the molecule is CCCCCOCCCC.CCCOC.COCC(C)C. The lowest BCUT2D eigenvalue weighted by atomic mass is 10.2. The van der Waals surface area contributed by atoms with E-state index >= 15 is 0 Å². The Morgan fingerprint density at radius 3 is 1.52 bits per heavy atom. The zero-order chi connectivity index (χ0) is 16.8. The third kappa shape index (κ3) is 45.0. The van der Waals surface area contributed by atoms with Crippen LogP contribution < -0.4 is 0 Å². The highest BCUT2D eigenvalue weighted by Gasteiger charge is 1.86. The summed E-state index contributed by atoms with van der Waals surface area (Å²) in [7, 11) is 3.43. The standard InChI is InChI=1S/C9H20O.C5H12O.C4H10O/c1-3-5-7-9-10-8-6-4-2;1-5(2)4-6-3;1-3-4-5-2/h3-9H2,1-2H3;5H,4H2,1-3H3;3-4H2,1-2H3. The summed E-state index contributed by atoms with van der Waals surface area (Å²) in [6.45, 7) is 14.4. The fourth-order valence-corrected chi connectivity index (χ4v) is 1.34. The van der Waals surface area contributed by atoms with E-state index < -0.39 is 0 Å². The predicted octanol–water partition coefficient (Wildman–Crippen LogP) is 5.32. The molecule has 0 saturated heterocycles. The topological polar surface area (TPSA) is 27.7 Å². The van der Waals surface area contributed by atoms with Gasteiger partial charge < -0.3 is 14.2 Å². The van der Waals surface area contributed by atoms with E-state index in [4.69, 9.17) is 14.2 Å². The fourth-order valence-electron chi connectivity index (χ4n) is 1.34. The average molecular weight is 307 g/mol. The highest BCUT2D eigenvalue weighted by Crippen LogP contribution is 1.95. The molecule has 0 bridgehead atoms. The molecule has 0 aromatic heterocycles. The van der Waals surface area contributed by atoms with E-state index in [1.54, 1.807) is 14.2 Å². The molecule has 0 heterocycles. The number of ether oxygens (including phenoxy) is 3. The Balaban J connectivity index is -0.000000252. The summed E-state index contributed by atoms with van der Waals surface area (Å²) in [4.78, 5) is 0. The molecule has 0 fully saturated rings. The van der Waals surface area contributed by atoms with Crippen molar-refractivity contribution >= 4 is 0 Å². The molecule has 0 aliphatic heterocycles. The average Bonchev–Trinajstić information content (AvgIpc) is 2.45. The van der Waals surface area contributed by atoms with Crippen molar-refractivity contribution in [1.82, 2.24) is 0 Å². The summed E-state index contributed by atoms with van der Waals surface area (Å²) in [5, 5.41) is 0. The van der Waals surface area contributed by atoms with Crippen LogP contribution in [-0.2, 0) is 14.2 Å². The van der Waals surface area contributed by atoms with Gasteiger partial charge in [0.2, 0.25) is 0 Å². The minimum atomic E-state index is 0.676. The molecule has 0 radical (unpaired) electrons. The number of hydrogen-bond acceptors (Lipinski definition) is 3. The lowest BCUT2D eigenvalue weighted by Gasteiger charge is -2.00. The van der Waals surface area contributed by atoms with Crippen molar-refractivity contribution in [2.75, 3.05) is 40.6 Å². The molecule has 0 rings (SSSR count). The first-order valence-corrected chi connectivity index (χ1v) is 8.66. The molecule has 0 unspecified atom stereocenters. The molecule has 132 valence electrons. The van der Waals surface area contributed by atoms with E-state index in [-0.39, 0.29) is 0 Å². The first-order valence-electron chi connectivity index (χ1n) is 8.66. The maximum absolute atomic E-state index is 5.38. The minimum absolute atomic E-state index is 0.676. The third-order valence-corrected chi connectivity index (χ3v) is 2.44. The van der Waals surface area contributed by atoms with Crippen molar-refractivity contribution in [3.8, 4) is 0 Å². The van der Waals surface area contributed by atoms with Gasteiger partial charge in [0.25, 0.3) is 0 Å². The molecule has 0 amide bonds. The normalized spacial score (nSPS) is 9.71. The van der Waals surface area contributed by atoms with Crippen molar-refractivity contribution in [3.05, 3.63) is 0 Å². The van der Waals surface area contributed by atoms with Gasteiger partial charge in [0, 0.05) is 40.6 Å². The highest BCUT2D eigenvalue weighted by atomic mass is 16.5. The maximum atomic E-state index is 5.38. The van der Waals surface area contributed by atoms with Crippen LogP contribution in [0, 0.1) is 5.92 Å². The summed E-state index contributed by atoms with van der Waals surface area (Å²) < 4.78 is 14.9. The van der Waals surface area contributed by atoms with Crippen LogP contribution in [0.15, 0.2) is 0 Å². The lowest BCUT2D eigenvalue weighted by molar-refractivity contribution is 0.127. The predicted molar refractivity (Wildman–Crippen MR) is 94.1 cm³/mol.